The summed E-state index contributed by atoms with van der Waals surface area (Å²) in [6.07, 6.45) is 7.10. The summed E-state index contributed by atoms with van der Waals surface area (Å²) < 4.78 is 0. The first-order chi connectivity index (χ1) is 9.81. The second-order valence-corrected chi connectivity index (χ2v) is 4.96. The number of hydrogen-bond donors (Lipinski definition) is 0. The highest BCUT2D eigenvalue weighted by atomic mass is 15.3. The van der Waals surface area contributed by atoms with Crippen molar-refractivity contribution in [3.8, 4) is 0 Å². The number of hydrogen-bond acceptors (Lipinski definition) is 6. The molecule has 2 aromatic heterocycles. The van der Waals surface area contributed by atoms with Crippen molar-refractivity contribution in [2.75, 3.05) is 31.1 Å². The van der Waals surface area contributed by atoms with E-state index in [9.17, 15) is 0 Å². The zero-order valence-electron chi connectivity index (χ0n) is 11.6. The van der Waals surface area contributed by atoms with Crippen molar-refractivity contribution in [1.29, 1.82) is 0 Å². The Labute approximate surface area is 118 Å². The lowest BCUT2D eigenvalue weighted by Crippen LogP contribution is -2.46. The molecule has 0 bridgehead atoms. The van der Waals surface area contributed by atoms with E-state index in [1.807, 2.05) is 25.4 Å². The van der Waals surface area contributed by atoms with E-state index in [0.29, 0.717) is 0 Å². The monoisotopic (exact) mass is 270 g/mol. The molecular weight excluding hydrogens is 252 g/mol. The van der Waals surface area contributed by atoms with Crippen LogP contribution >= 0.6 is 0 Å². The van der Waals surface area contributed by atoms with E-state index in [1.165, 1.54) is 0 Å². The van der Waals surface area contributed by atoms with E-state index in [0.717, 1.165) is 50.1 Å². The van der Waals surface area contributed by atoms with Crippen molar-refractivity contribution in [1.82, 2.24) is 24.8 Å². The number of aryl methyl sites for hydroxylation is 1. The van der Waals surface area contributed by atoms with Crippen LogP contribution in [0.5, 0.6) is 0 Å². The average molecular weight is 270 g/mol. The predicted octanol–water partition coefficient (Wildman–Crippen LogP) is 0.897. The molecule has 1 saturated heterocycles. The van der Waals surface area contributed by atoms with Gasteiger partial charge in [-0.2, -0.15) is 0 Å². The van der Waals surface area contributed by atoms with Gasteiger partial charge < -0.3 is 4.90 Å². The summed E-state index contributed by atoms with van der Waals surface area (Å²) in [6.45, 7) is 6.74. The topological polar surface area (TPSA) is 58.0 Å². The lowest BCUT2D eigenvalue weighted by molar-refractivity contribution is 0.245. The molecule has 20 heavy (non-hydrogen) atoms. The Kier molecular flexibility index (Phi) is 3.83. The van der Waals surface area contributed by atoms with Gasteiger partial charge in [-0.15, -0.1) is 0 Å². The third-order valence-electron chi connectivity index (χ3n) is 3.44. The van der Waals surface area contributed by atoms with Crippen molar-refractivity contribution in [2.45, 2.75) is 13.5 Å². The molecule has 3 heterocycles. The SMILES string of the molecule is Cc1ccnc(N2CCN(Cc3cnccn3)CC2)n1. The molecular formula is C14H18N6. The lowest BCUT2D eigenvalue weighted by atomic mass is 10.3. The smallest absolute Gasteiger partial charge is 0.225 e. The minimum atomic E-state index is 0.837. The Morgan fingerprint density at radius 1 is 1.05 bits per heavy atom. The first kappa shape index (κ1) is 12.9. The maximum absolute atomic E-state index is 4.48. The quantitative estimate of drug-likeness (QED) is 0.826. The maximum atomic E-state index is 4.48. The van der Waals surface area contributed by atoms with Gasteiger partial charge in [0.1, 0.15) is 0 Å². The second kappa shape index (κ2) is 5.92. The van der Waals surface area contributed by atoms with Gasteiger partial charge in [-0.3, -0.25) is 14.9 Å². The van der Waals surface area contributed by atoms with Crippen molar-refractivity contribution in [3.05, 3.63) is 42.2 Å². The van der Waals surface area contributed by atoms with Crippen LogP contribution in [0, 0.1) is 6.92 Å². The van der Waals surface area contributed by atoms with Gasteiger partial charge >= 0.3 is 0 Å². The van der Waals surface area contributed by atoms with E-state index in [1.54, 1.807) is 12.4 Å². The molecule has 0 aliphatic carbocycles. The van der Waals surface area contributed by atoms with E-state index in [2.05, 4.69) is 29.7 Å². The van der Waals surface area contributed by atoms with Crippen molar-refractivity contribution in [2.24, 2.45) is 0 Å². The fraction of sp³-hybridized carbons (Fsp3) is 0.429. The normalized spacial score (nSPS) is 16.4. The molecule has 1 fully saturated rings. The largest absolute Gasteiger partial charge is 0.338 e. The molecule has 0 spiro atoms. The Morgan fingerprint density at radius 2 is 1.90 bits per heavy atom. The standard InChI is InChI=1S/C14H18N6/c1-12-2-3-17-14(18-12)20-8-6-19(7-9-20)11-13-10-15-4-5-16-13/h2-5,10H,6-9,11H2,1H3. The van der Waals surface area contributed by atoms with Gasteiger partial charge in [0.05, 0.1) is 5.69 Å². The van der Waals surface area contributed by atoms with Crippen LogP contribution in [0.3, 0.4) is 0 Å². The summed E-state index contributed by atoms with van der Waals surface area (Å²) in [5.41, 5.74) is 2.03. The zero-order valence-corrected chi connectivity index (χ0v) is 11.6. The van der Waals surface area contributed by atoms with Crippen LogP contribution in [0.2, 0.25) is 0 Å². The molecule has 6 nitrogen and oxygen atoms in total. The summed E-state index contributed by atoms with van der Waals surface area (Å²) in [7, 11) is 0. The highest BCUT2D eigenvalue weighted by molar-refractivity contribution is 5.30. The Morgan fingerprint density at radius 3 is 2.60 bits per heavy atom. The summed E-state index contributed by atoms with van der Waals surface area (Å²) in [6, 6.07) is 1.92. The molecule has 104 valence electrons. The Bertz CT molecular complexity index is 551. The zero-order chi connectivity index (χ0) is 13.8. The van der Waals surface area contributed by atoms with Gasteiger partial charge in [0.2, 0.25) is 5.95 Å². The average Bonchev–Trinajstić information content (AvgIpc) is 2.49. The number of anilines is 1. The minimum Gasteiger partial charge on any atom is -0.338 e. The molecule has 0 amide bonds. The van der Waals surface area contributed by atoms with Gasteiger partial charge in [0, 0.05) is 63.2 Å². The van der Waals surface area contributed by atoms with E-state index >= 15 is 0 Å². The first-order valence-corrected chi connectivity index (χ1v) is 6.83. The molecule has 2 aromatic rings. The molecule has 0 N–H and O–H groups in total. The second-order valence-electron chi connectivity index (χ2n) is 4.96. The van der Waals surface area contributed by atoms with Crippen LogP contribution in [-0.4, -0.2) is 51.0 Å². The third kappa shape index (κ3) is 3.08. The molecule has 0 atom stereocenters. The molecule has 1 aliphatic rings. The molecule has 1 aliphatic heterocycles. The maximum Gasteiger partial charge on any atom is 0.225 e. The number of aromatic nitrogens is 4. The minimum absolute atomic E-state index is 0.837. The number of nitrogens with zero attached hydrogens (tertiary/aromatic N) is 6. The molecule has 0 unspecified atom stereocenters. The Hall–Kier alpha value is -2.08. The van der Waals surface area contributed by atoms with Crippen LogP contribution in [0.15, 0.2) is 30.9 Å². The van der Waals surface area contributed by atoms with Crippen LogP contribution in [-0.2, 0) is 6.54 Å². The van der Waals surface area contributed by atoms with Crippen LogP contribution < -0.4 is 4.90 Å². The van der Waals surface area contributed by atoms with Crippen LogP contribution in [0.4, 0.5) is 5.95 Å². The van der Waals surface area contributed by atoms with Gasteiger partial charge in [0.25, 0.3) is 0 Å². The fourth-order valence-corrected chi connectivity index (χ4v) is 2.33. The van der Waals surface area contributed by atoms with E-state index < -0.39 is 0 Å². The summed E-state index contributed by atoms with van der Waals surface area (Å²) >= 11 is 0. The van der Waals surface area contributed by atoms with E-state index in [4.69, 9.17) is 0 Å². The van der Waals surface area contributed by atoms with Crippen molar-refractivity contribution in [3.63, 3.8) is 0 Å². The number of rotatable bonds is 3. The van der Waals surface area contributed by atoms with Gasteiger partial charge in [-0.1, -0.05) is 0 Å². The molecule has 0 saturated carbocycles. The number of piperazine rings is 1. The highest BCUT2D eigenvalue weighted by Crippen LogP contribution is 2.12. The third-order valence-corrected chi connectivity index (χ3v) is 3.44. The van der Waals surface area contributed by atoms with E-state index in [-0.39, 0.29) is 0 Å². The Balaban J connectivity index is 1.57. The highest BCUT2D eigenvalue weighted by Gasteiger charge is 2.19. The molecule has 6 heteroatoms. The van der Waals surface area contributed by atoms with Gasteiger partial charge in [-0.25, -0.2) is 9.97 Å². The van der Waals surface area contributed by atoms with Crippen LogP contribution in [0.1, 0.15) is 11.4 Å². The van der Waals surface area contributed by atoms with Crippen molar-refractivity contribution >= 4 is 5.95 Å². The van der Waals surface area contributed by atoms with Crippen LogP contribution in [0.25, 0.3) is 0 Å². The van der Waals surface area contributed by atoms with Gasteiger partial charge in [-0.05, 0) is 13.0 Å². The van der Waals surface area contributed by atoms with Crippen molar-refractivity contribution < 1.29 is 0 Å². The van der Waals surface area contributed by atoms with Gasteiger partial charge in [0.15, 0.2) is 0 Å². The fourth-order valence-electron chi connectivity index (χ4n) is 2.33. The predicted molar refractivity (Wildman–Crippen MR) is 76.3 cm³/mol. The summed E-state index contributed by atoms with van der Waals surface area (Å²) in [5, 5.41) is 0. The molecule has 0 radical (unpaired) electrons. The summed E-state index contributed by atoms with van der Waals surface area (Å²) in [5.74, 6) is 0.837. The molecule has 3 rings (SSSR count). The first-order valence-electron chi connectivity index (χ1n) is 6.83. The lowest BCUT2D eigenvalue weighted by Gasteiger charge is -2.34. The summed E-state index contributed by atoms with van der Waals surface area (Å²) in [4.78, 5) is 21.9. The molecule has 0 aromatic carbocycles.